The predicted molar refractivity (Wildman–Crippen MR) is 119 cm³/mol. The number of nitrogens with zero attached hydrogens (tertiary/aromatic N) is 3. The van der Waals surface area contributed by atoms with Crippen molar-refractivity contribution < 1.29 is 19.4 Å². The van der Waals surface area contributed by atoms with Crippen LogP contribution in [0.5, 0.6) is 0 Å². The van der Waals surface area contributed by atoms with Crippen LogP contribution in [-0.2, 0) is 9.53 Å². The van der Waals surface area contributed by atoms with Gasteiger partial charge in [-0.2, -0.15) is 0 Å². The number of carboxylic acid groups (broad SMARTS) is 1. The lowest BCUT2D eigenvalue weighted by Gasteiger charge is -2.42. The van der Waals surface area contributed by atoms with Crippen LogP contribution in [0.4, 0.5) is 4.79 Å². The van der Waals surface area contributed by atoms with Gasteiger partial charge in [-0.05, 0) is 39.7 Å². The lowest BCUT2D eigenvalue weighted by molar-refractivity contribution is -0.122. The molecule has 1 fully saturated rings. The fraction of sp³-hybridized carbons (Fsp3) is 0.857. The molecular weight excluding hydrogens is 372 g/mol. The number of hydrogen-bond acceptors (Lipinski definition) is 5. The van der Waals surface area contributed by atoms with Crippen molar-refractivity contribution in [1.82, 2.24) is 14.7 Å². The summed E-state index contributed by atoms with van der Waals surface area (Å²) in [6.07, 6.45) is 2.26. The van der Waals surface area contributed by atoms with E-state index in [1.54, 1.807) is 4.90 Å². The van der Waals surface area contributed by atoms with Crippen molar-refractivity contribution in [3.8, 4) is 0 Å². The zero-order valence-electron chi connectivity index (χ0n) is 20.0. The van der Waals surface area contributed by atoms with Crippen molar-refractivity contribution >= 4 is 18.9 Å². The van der Waals surface area contributed by atoms with Crippen LogP contribution >= 0.6 is 0 Å². The summed E-state index contributed by atoms with van der Waals surface area (Å²) >= 11 is 0. The van der Waals surface area contributed by atoms with Crippen molar-refractivity contribution in [3.05, 3.63) is 0 Å². The largest absolute Gasteiger partial charge is 0.483 e. The molecule has 0 aromatic rings. The number of hydrogen-bond donors (Lipinski definition) is 2. The number of carbonyl (C=O) groups excluding carboxylic acids is 1. The van der Waals surface area contributed by atoms with E-state index in [0.29, 0.717) is 13.1 Å². The Morgan fingerprint density at radius 3 is 2.17 bits per heavy atom. The van der Waals surface area contributed by atoms with Crippen molar-refractivity contribution in [3.63, 3.8) is 0 Å². The molecule has 172 valence electrons. The maximum absolute atomic E-state index is 12.3. The molecule has 0 radical (unpaired) electrons. The smallest absolute Gasteiger partial charge is 0.410 e. The van der Waals surface area contributed by atoms with Gasteiger partial charge in [0.25, 0.3) is 6.47 Å². The molecule has 1 aliphatic heterocycles. The maximum atomic E-state index is 12.3. The number of nitrogens with one attached hydrogen (secondary N) is 1. The van der Waals surface area contributed by atoms with Crippen molar-refractivity contribution in [2.24, 2.45) is 5.41 Å². The van der Waals surface area contributed by atoms with Crippen molar-refractivity contribution in [1.29, 1.82) is 5.41 Å². The van der Waals surface area contributed by atoms with Crippen molar-refractivity contribution in [2.45, 2.75) is 73.5 Å². The number of amides is 1. The summed E-state index contributed by atoms with van der Waals surface area (Å²) in [5.74, 6) is 0. The topological polar surface area (TPSA) is 97.2 Å². The van der Waals surface area contributed by atoms with Crippen LogP contribution in [0.2, 0.25) is 0 Å². The minimum atomic E-state index is -0.470. The Morgan fingerprint density at radius 1 is 1.24 bits per heavy atom. The highest BCUT2D eigenvalue weighted by Gasteiger charge is 2.31. The average Bonchev–Trinajstić information content (AvgIpc) is 2.63. The van der Waals surface area contributed by atoms with E-state index in [2.05, 4.69) is 37.6 Å². The summed E-state index contributed by atoms with van der Waals surface area (Å²) in [4.78, 5) is 26.8. The highest BCUT2D eigenvalue weighted by Crippen LogP contribution is 2.21. The summed E-state index contributed by atoms with van der Waals surface area (Å²) in [6.45, 7) is 19.8. The molecule has 0 saturated carbocycles. The first kappa shape index (κ1) is 29.4. The van der Waals surface area contributed by atoms with Gasteiger partial charge in [0.1, 0.15) is 5.60 Å². The molecule has 0 aliphatic carbocycles. The second kappa shape index (κ2) is 14.2. The standard InChI is InChI=1S/C18H36N4O2.C2H6.CH2O2/c1-8-18(5,6)13-21(14-19)11-15-12-22(10-9-20(15)7)16(23)24-17(2,3)4;1-2;2-1-3/h14-15,19H,8-13H2,1-7H3;1-2H3;1H,(H,2,3). The van der Waals surface area contributed by atoms with E-state index in [9.17, 15) is 4.79 Å². The maximum Gasteiger partial charge on any atom is 0.410 e. The van der Waals surface area contributed by atoms with Gasteiger partial charge >= 0.3 is 6.09 Å². The molecular formula is C21H44N4O4. The first-order valence-corrected chi connectivity index (χ1v) is 10.4. The minimum absolute atomic E-state index is 0.176. The fourth-order valence-corrected chi connectivity index (χ4v) is 2.73. The van der Waals surface area contributed by atoms with Crippen LogP contribution in [0.15, 0.2) is 0 Å². The van der Waals surface area contributed by atoms with Gasteiger partial charge in [-0.3, -0.25) is 15.1 Å². The van der Waals surface area contributed by atoms with Crippen LogP contribution in [0.3, 0.4) is 0 Å². The third-order valence-electron chi connectivity index (χ3n) is 4.64. The molecule has 1 amide bonds. The van der Waals surface area contributed by atoms with Gasteiger partial charge in [0.2, 0.25) is 0 Å². The molecule has 0 aromatic carbocycles. The van der Waals surface area contributed by atoms with Gasteiger partial charge in [0.15, 0.2) is 0 Å². The molecule has 1 heterocycles. The van der Waals surface area contributed by atoms with E-state index in [0.717, 1.165) is 26.1 Å². The summed E-state index contributed by atoms with van der Waals surface area (Å²) in [5.41, 5.74) is -0.294. The molecule has 1 rings (SSSR count). The number of likely N-dealkylation sites (N-methyl/N-ethyl adjacent to an activating group) is 1. The second-order valence-electron chi connectivity index (χ2n) is 8.74. The summed E-state index contributed by atoms with van der Waals surface area (Å²) in [5, 5.41) is 14.6. The number of carbonyl (C=O) groups is 2. The Labute approximate surface area is 177 Å². The Kier molecular flexibility index (Phi) is 14.4. The third-order valence-corrected chi connectivity index (χ3v) is 4.64. The third kappa shape index (κ3) is 13.1. The zero-order chi connectivity index (χ0) is 23.3. The summed E-state index contributed by atoms with van der Waals surface area (Å²) in [7, 11) is 2.09. The van der Waals surface area contributed by atoms with E-state index in [4.69, 9.17) is 20.0 Å². The summed E-state index contributed by atoms with van der Waals surface area (Å²) in [6, 6.07) is 0.209. The number of rotatable bonds is 6. The highest BCUT2D eigenvalue weighted by molar-refractivity contribution is 5.68. The highest BCUT2D eigenvalue weighted by atomic mass is 16.6. The fourth-order valence-electron chi connectivity index (χ4n) is 2.73. The second-order valence-corrected chi connectivity index (χ2v) is 8.74. The molecule has 2 N–H and O–H groups in total. The Bertz CT molecular complexity index is 478. The lowest BCUT2D eigenvalue weighted by Crippen LogP contribution is -2.57. The monoisotopic (exact) mass is 416 g/mol. The van der Waals surface area contributed by atoms with E-state index in [-0.39, 0.29) is 24.0 Å². The molecule has 1 saturated heterocycles. The van der Waals surface area contributed by atoms with Gasteiger partial charge in [-0.25, -0.2) is 4.79 Å². The Balaban J connectivity index is 0. The van der Waals surface area contributed by atoms with E-state index in [1.807, 2.05) is 34.6 Å². The zero-order valence-corrected chi connectivity index (χ0v) is 20.0. The van der Waals surface area contributed by atoms with Crippen LogP contribution in [0.1, 0.15) is 61.8 Å². The average molecular weight is 417 g/mol. The molecule has 8 heteroatoms. The Morgan fingerprint density at radius 2 is 1.76 bits per heavy atom. The molecule has 0 aromatic heterocycles. The normalized spacial score (nSPS) is 17.1. The molecule has 1 unspecified atom stereocenters. The van der Waals surface area contributed by atoms with Gasteiger partial charge in [0.05, 0.1) is 6.34 Å². The number of ether oxygens (including phenoxy) is 1. The van der Waals surface area contributed by atoms with Crippen LogP contribution < -0.4 is 0 Å². The molecule has 0 bridgehead atoms. The SMILES string of the molecule is CC.CCC(C)(C)CN(C=N)CC1CN(C(=O)OC(C)(C)C)CCN1C.O=CO. The predicted octanol–water partition coefficient (Wildman–Crippen LogP) is 3.61. The van der Waals surface area contributed by atoms with E-state index >= 15 is 0 Å². The van der Waals surface area contributed by atoms with Gasteiger partial charge in [0, 0.05) is 38.8 Å². The van der Waals surface area contributed by atoms with Crippen LogP contribution in [0.25, 0.3) is 0 Å². The van der Waals surface area contributed by atoms with E-state index < -0.39 is 5.60 Å². The Hall–Kier alpha value is -1.83. The lowest BCUT2D eigenvalue weighted by atomic mass is 9.89. The molecule has 29 heavy (non-hydrogen) atoms. The first-order valence-electron chi connectivity index (χ1n) is 10.4. The molecule has 1 atom stereocenters. The first-order chi connectivity index (χ1) is 13.4. The van der Waals surface area contributed by atoms with Gasteiger partial charge in [-0.15, -0.1) is 0 Å². The summed E-state index contributed by atoms with van der Waals surface area (Å²) < 4.78 is 5.50. The van der Waals surface area contributed by atoms with Gasteiger partial charge in [-0.1, -0.05) is 34.6 Å². The molecule has 1 aliphatic rings. The quantitative estimate of drug-likeness (QED) is 0.390. The molecule has 8 nitrogen and oxygen atoms in total. The molecule has 0 spiro atoms. The van der Waals surface area contributed by atoms with E-state index in [1.165, 1.54) is 6.34 Å². The van der Waals surface area contributed by atoms with Crippen LogP contribution in [-0.4, -0.2) is 90.1 Å². The van der Waals surface area contributed by atoms with Gasteiger partial charge < -0.3 is 19.6 Å². The van der Waals surface area contributed by atoms with Crippen molar-refractivity contribution in [2.75, 3.05) is 39.8 Å². The number of piperazine rings is 1. The minimum Gasteiger partial charge on any atom is -0.483 e. The van der Waals surface area contributed by atoms with Crippen LogP contribution in [0, 0.1) is 10.8 Å².